The second-order valence-corrected chi connectivity index (χ2v) is 1.40. The first kappa shape index (κ1) is 7.79. The Kier molecular flexibility index (Phi) is 4.81. The molecule has 0 aromatic carbocycles. The van der Waals surface area contributed by atoms with Crippen molar-refractivity contribution in [1.29, 1.82) is 0 Å². The van der Waals surface area contributed by atoms with Crippen LogP contribution in [0.5, 0.6) is 0 Å². The average Bonchev–Trinajstić information content (AvgIpc) is 1.83. The molecule has 8 heavy (non-hydrogen) atoms. The van der Waals surface area contributed by atoms with E-state index < -0.39 is 5.97 Å². The van der Waals surface area contributed by atoms with E-state index in [-0.39, 0.29) is 5.88 Å². The quantitative estimate of drug-likeness (QED) is 0.343. The van der Waals surface area contributed by atoms with Gasteiger partial charge in [-0.15, -0.1) is 11.6 Å². The number of carbonyl (C=O) groups is 1. The zero-order valence-corrected chi connectivity index (χ0v) is 5.45. The molecule has 0 saturated carbocycles. The lowest BCUT2D eigenvalue weighted by molar-refractivity contribution is -0.135. The Labute approximate surface area is 57.0 Å². The van der Waals surface area contributed by atoms with Gasteiger partial charge in [0.25, 0.3) is 0 Å². The average molecular weight is 155 g/mol. The summed E-state index contributed by atoms with van der Waals surface area (Å²) in [5, 5.41) is 0. The fourth-order valence-corrected chi connectivity index (χ4v) is 0.248. The summed E-state index contributed by atoms with van der Waals surface area (Å²) in [5.41, 5.74) is 1.09. The van der Waals surface area contributed by atoms with Crippen LogP contribution in [0, 0.1) is 0 Å². The van der Waals surface area contributed by atoms with Crippen LogP contribution in [0.2, 0.25) is 0 Å². The van der Waals surface area contributed by atoms with Crippen molar-refractivity contribution in [3.8, 4) is 0 Å². The third kappa shape index (κ3) is 3.96. The van der Waals surface area contributed by atoms with E-state index in [1.807, 2.05) is 0 Å². The van der Waals surface area contributed by atoms with Gasteiger partial charge in [-0.25, -0.2) is 0 Å². The number of hydrogen-bond donors (Lipinski definition) is 0. The smallest absolute Gasteiger partial charge is 0.325 e. The number of carbonyl (C=O) groups excluding carboxylic acids is 1. The molecule has 0 radical (unpaired) electrons. The molecule has 0 unspecified atom stereocenters. The highest BCUT2D eigenvalue weighted by atomic mass is 35.5. The van der Waals surface area contributed by atoms with Crippen LogP contribution in [0.4, 0.5) is 0 Å². The topological polar surface area (TPSA) is 26.3 Å². The first-order valence-electron chi connectivity index (χ1n) is 1.82. The molecule has 0 rings (SSSR count). The number of esters is 1. The van der Waals surface area contributed by atoms with E-state index in [0.29, 0.717) is 0 Å². The van der Waals surface area contributed by atoms with Crippen molar-refractivity contribution in [1.82, 2.24) is 0 Å². The van der Waals surface area contributed by atoms with Gasteiger partial charge in [-0.1, -0.05) is 11.6 Å². The fraction of sp³-hybridized carbons (Fsp3) is 0.250. The van der Waals surface area contributed by atoms with Crippen LogP contribution < -0.4 is 0 Å². The molecule has 0 aliphatic heterocycles. The molecule has 0 bridgehead atoms. The normalized spacial score (nSPS) is 9.75. The molecule has 0 spiro atoms. The van der Waals surface area contributed by atoms with Crippen molar-refractivity contribution in [3.63, 3.8) is 0 Å². The van der Waals surface area contributed by atoms with Gasteiger partial charge in [-0.05, 0) is 0 Å². The van der Waals surface area contributed by atoms with Crippen LogP contribution in [0.25, 0.3) is 0 Å². The number of rotatable bonds is 2. The van der Waals surface area contributed by atoms with Gasteiger partial charge in [0.1, 0.15) is 12.1 Å². The van der Waals surface area contributed by atoms with Gasteiger partial charge >= 0.3 is 5.97 Å². The standard InChI is InChI=1S/C4H4Cl2O2/c5-1-2-8-4(7)3-6/h1-2H,3H2/b2-1-. The molecule has 0 atom stereocenters. The Balaban J connectivity index is 3.25. The van der Waals surface area contributed by atoms with Crippen LogP contribution in [0.1, 0.15) is 0 Å². The van der Waals surface area contributed by atoms with E-state index >= 15 is 0 Å². The van der Waals surface area contributed by atoms with Gasteiger partial charge in [0.05, 0.1) is 0 Å². The number of alkyl halides is 1. The zero-order valence-electron chi connectivity index (χ0n) is 3.93. The summed E-state index contributed by atoms with van der Waals surface area (Å²) in [7, 11) is 0. The summed E-state index contributed by atoms with van der Waals surface area (Å²) in [6.45, 7) is 0. The van der Waals surface area contributed by atoms with E-state index in [4.69, 9.17) is 23.2 Å². The Morgan fingerprint density at radius 1 is 1.75 bits per heavy atom. The molecule has 46 valence electrons. The molecule has 0 N–H and O–H groups in total. The van der Waals surface area contributed by atoms with E-state index in [1.54, 1.807) is 0 Å². The molecule has 0 aliphatic carbocycles. The predicted octanol–water partition coefficient (Wildman–Crippen LogP) is 1.48. The van der Waals surface area contributed by atoms with Crippen molar-refractivity contribution in [2.45, 2.75) is 0 Å². The number of ether oxygens (including phenoxy) is 1. The van der Waals surface area contributed by atoms with E-state index in [0.717, 1.165) is 11.8 Å². The summed E-state index contributed by atoms with van der Waals surface area (Å²) in [6.07, 6.45) is 1.06. The summed E-state index contributed by atoms with van der Waals surface area (Å²) in [5.74, 6) is -0.662. The molecule has 0 amide bonds. The number of halogens is 2. The van der Waals surface area contributed by atoms with Crippen molar-refractivity contribution in [2.24, 2.45) is 0 Å². The van der Waals surface area contributed by atoms with Crippen molar-refractivity contribution < 1.29 is 9.53 Å². The van der Waals surface area contributed by atoms with Crippen LogP contribution in [-0.2, 0) is 9.53 Å². The fourth-order valence-electron chi connectivity index (χ4n) is 0.133. The lowest BCUT2D eigenvalue weighted by atomic mass is 10.8. The minimum atomic E-state index is -0.511. The Hall–Kier alpha value is -0.210. The first-order valence-corrected chi connectivity index (χ1v) is 2.79. The van der Waals surface area contributed by atoms with Crippen LogP contribution in [0.3, 0.4) is 0 Å². The molecule has 0 aliphatic rings. The molecular weight excluding hydrogens is 151 g/mol. The molecular formula is C4H4Cl2O2. The minimum Gasteiger partial charge on any atom is -0.433 e. The molecule has 0 heterocycles. The zero-order chi connectivity index (χ0) is 6.41. The molecule has 0 fully saturated rings. The molecule has 2 nitrogen and oxygen atoms in total. The third-order valence-electron chi connectivity index (χ3n) is 0.360. The van der Waals surface area contributed by atoms with Crippen molar-refractivity contribution >= 4 is 29.2 Å². The van der Waals surface area contributed by atoms with Gasteiger partial charge in [-0.2, -0.15) is 0 Å². The largest absolute Gasteiger partial charge is 0.433 e. The summed E-state index contributed by atoms with van der Waals surface area (Å²) < 4.78 is 4.26. The van der Waals surface area contributed by atoms with Gasteiger partial charge < -0.3 is 4.74 Å². The van der Waals surface area contributed by atoms with Crippen molar-refractivity contribution in [2.75, 3.05) is 5.88 Å². The molecule has 0 aromatic rings. The second kappa shape index (κ2) is 4.94. The Morgan fingerprint density at radius 3 is 2.75 bits per heavy atom. The first-order chi connectivity index (χ1) is 3.81. The molecule has 4 heteroatoms. The van der Waals surface area contributed by atoms with E-state index in [9.17, 15) is 4.79 Å². The number of hydrogen-bond acceptors (Lipinski definition) is 2. The Morgan fingerprint density at radius 2 is 2.38 bits per heavy atom. The SMILES string of the molecule is O=C(CCl)O/C=C\Cl. The lowest BCUT2D eigenvalue weighted by Crippen LogP contribution is -1.98. The highest BCUT2D eigenvalue weighted by Gasteiger charge is 1.92. The lowest BCUT2D eigenvalue weighted by Gasteiger charge is -1.88. The van der Waals surface area contributed by atoms with Crippen LogP contribution in [0.15, 0.2) is 11.8 Å². The maximum absolute atomic E-state index is 10.1. The Bertz CT molecular complexity index is 100. The second-order valence-electron chi connectivity index (χ2n) is 0.886. The maximum Gasteiger partial charge on any atom is 0.325 e. The summed E-state index contributed by atoms with van der Waals surface area (Å²) in [4.78, 5) is 10.1. The third-order valence-corrected chi connectivity index (χ3v) is 0.681. The summed E-state index contributed by atoms with van der Waals surface area (Å²) in [6, 6.07) is 0. The van der Waals surface area contributed by atoms with Crippen molar-refractivity contribution in [3.05, 3.63) is 11.8 Å². The van der Waals surface area contributed by atoms with Gasteiger partial charge in [-0.3, -0.25) is 4.79 Å². The van der Waals surface area contributed by atoms with E-state index in [1.165, 1.54) is 0 Å². The monoisotopic (exact) mass is 154 g/mol. The van der Waals surface area contributed by atoms with Crippen LogP contribution >= 0.6 is 23.2 Å². The summed E-state index contributed by atoms with van der Waals surface area (Å²) >= 11 is 10.0. The molecule has 0 aromatic heterocycles. The predicted molar refractivity (Wildman–Crippen MR) is 31.8 cm³/mol. The molecule has 0 saturated heterocycles. The van der Waals surface area contributed by atoms with Crippen LogP contribution in [-0.4, -0.2) is 11.8 Å². The maximum atomic E-state index is 10.1. The van der Waals surface area contributed by atoms with Gasteiger partial charge in [0.2, 0.25) is 0 Å². The minimum absolute atomic E-state index is 0.152. The van der Waals surface area contributed by atoms with Gasteiger partial charge in [0.15, 0.2) is 0 Å². The van der Waals surface area contributed by atoms with Gasteiger partial charge in [0, 0.05) is 5.54 Å². The highest BCUT2D eigenvalue weighted by Crippen LogP contribution is 1.85. The highest BCUT2D eigenvalue weighted by molar-refractivity contribution is 6.26. The van der Waals surface area contributed by atoms with E-state index in [2.05, 4.69) is 4.74 Å².